The molecule has 3 aliphatic rings. The number of piperidine rings is 1. The first-order valence-corrected chi connectivity index (χ1v) is 14.3. The van der Waals surface area contributed by atoms with Crippen LogP contribution in [0.4, 0.5) is 5.82 Å². The molecular formula is C32H46N6O. The van der Waals surface area contributed by atoms with Crippen LogP contribution in [0.3, 0.4) is 0 Å². The number of carbonyl (C=O) groups excluding carboxylic acids is 1. The molecule has 1 saturated heterocycles. The number of carbonyl (C=O) groups is 1. The number of likely N-dealkylation sites (tertiary alicyclic amines) is 1. The summed E-state index contributed by atoms with van der Waals surface area (Å²) in [6.07, 6.45) is 8.76. The molecule has 1 unspecified atom stereocenters. The molecule has 3 aliphatic heterocycles. The first kappa shape index (κ1) is 28.7. The minimum Gasteiger partial charge on any atom is -0.367 e. The second kappa shape index (κ2) is 12.3. The Kier molecular flexibility index (Phi) is 9.03. The van der Waals surface area contributed by atoms with Crippen molar-refractivity contribution in [3.05, 3.63) is 82.2 Å². The standard InChI is InChI=1S/C30H40N6O.C2H6/c1-20-25(10-11-28(31)34(20)4)26-12-15-32-29-27(26)18-24(35(29)5)19-36-16-13-22(14-17-36)21-6-8-23(9-7-21)30(37)33(2)3;1-2/h6-12,18,22,28,32H,13-17,19,31H2,1-5H3;1-2H3. The number of nitrogens with two attached hydrogens (primary N) is 1. The van der Waals surface area contributed by atoms with Gasteiger partial charge in [0.15, 0.2) is 0 Å². The van der Waals surface area contributed by atoms with Crippen molar-refractivity contribution < 1.29 is 4.79 Å². The highest BCUT2D eigenvalue weighted by molar-refractivity contribution is 5.94. The molecule has 1 aromatic carbocycles. The van der Waals surface area contributed by atoms with Crippen molar-refractivity contribution in [1.82, 2.24) is 19.3 Å². The number of amides is 1. The number of aromatic nitrogens is 1. The third kappa shape index (κ3) is 5.85. The maximum absolute atomic E-state index is 12.2. The van der Waals surface area contributed by atoms with Crippen LogP contribution < -0.4 is 11.1 Å². The van der Waals surface area contributed by atoms with E-state index in [1.807, 2.05) is 26.0 Å². The van der Waals surface area contributed by atoms with Gasteiger partial charge in [0.2, 0.25) is 0 Å². The van der Waals surface area contributed by atoms with Crippen LogP contribution in [0.15, 0.2) is 59.8 Å². The van der Waals surface area contributed by atoms with E-state index >= 15 is 0 Å². The third-order valence-corrected chi connectivity index (χ3v) is 8.32. The molecule has 0 radical (unpaired) electrons. The highest BCUT2D eigenvalue weighted by Crippen LogP contribution is 2.39. The number of hydrogen-bond acceptors (Lipinski definition) is 5. The first-order valence-electron chi connectivity index (χ1n) is 14.3. The zero-order chi connectivity index (χ0) is 28.3. The Labute approximate surface area is 234 Å². The van der Waals surface area contributed by atoms with Gasteiger partial charge in [-0.25, -0.2) is 0 Å². The SMILES string of the molecule is CC.CC1=C(C2=CCNc3c2cc(CN2CCC(c4ccc(C(=O)N(C)C)cc4)CC2)n3C)C=CC(N)N1C. The van der Waals surface area contributed by atoms with Crippen LogP contribution in [0.1, 0.15) is 66.7 Å². The van der Waals surface area contributed by atoms with Gasteiger partial charge in [-0.1, -0.05) is 38.1 Å². The van der Waals surface area contributed by atoms with E-state index in [1.165, 1.54) is 39.5 Å². The average Bonchev–Trinajstić information content (AvgIpc) is 3.28. The van der Waals surface area contributed by atoms with Gasteiger partial charge in [-0.3, -0.25) is 9.69 Å². The van der Waals surface area contributed by atoms with E-state index in [4.69, 9.17) is 5.73 Å². The monoisotopic (exact) mass is 530 g/mol. The Morgan fingerprint density at radius 2 is 1.77 bits per heavy atom. The lowest BCUT2D eigenvalue weighted by atomic mass is 9.89. The number of allylic oxidation sites excluding steroid dienone is 4. The molecule has 0 bridgehead atoms. The van der Waals surface area contributed by atoms with Crippen molar-refractivity contribution in [2.45, 2.75) is 52.2 Å². The normalized spacial score (nSPS) is 19.6. The van der Waals surface area contributed by atoms with E-state index < -0.39 is 0 Å². The van der Waals surface area contributed by atoms with Crippen molar-refractivity contribution in [1.29, 1.82) is 0 Å². The molecule has 1 amide bonds. The molecule has 1 fully saturated rings. The second-order valence-corrected chi connectivity index (χ2v) is 10.8. The summed E-state index contributed by atoms with van der Waals surface area (Å²) in [5.41, 5.74) is 14.7. The lowest BCUT2D eigenvalue weighted by Gasteiger charge is -2.32. The first-order chi connectivity index (χ1) is 18.7. The zero-order valence-electron chi connectivity index (χ0n) is 24.8. The van der Waals surface area contributed by atoms with Crippen molar-refractivity contribution in [2.24, 2.45) is 12.8 Å². The van der Waals surface area contributed by atoms with Gasteiger partial charge in [0, 0.05) is 69.4 Å². The molecule has 4 heterocycles. The van der Waals surface area contributed by atoms with Crippen LogP contribution in [0.5, 0.6) is 0 Å². The van der Waals surface area contributed by atoms with Crippen molar-refractivity contribution in [2.75, 3.05) is 46.1 Å². The van der Waals surface area contributed by atoms with E-state index in [2.05, 4.69) is 77.1 Å². The fourth-order valence-electron chi connectivity index (χ4n) is 5.79. The van der Waals surface area contributed by atoms with Crippen LogP contribution in [0.25, 0.3) is 5.57 Å². The van der Waals surface area contributed by atoms with Gasteiger partial charge in [-0.05, 0) is 74.2 Å². The van der Waals surface area contributed by atoms with Gasteiger partial charge in [-0.2, -0.15) is 0 Å². The number of nitrogens with zero attached hydrogens (tertiary/aromatic N) is 4. The molecule has 210 valence electrons. The quantitative estimate of drug-likeness (QED) is 0.569. The van der Waals surface area contributed by atoms with Crippen LogP contribution in [0, 0.1) is 0 Å². The molecule has 5 rings (SSSR count). The summed E-state index contributed by atoms with van der Waals surface area (Å²) in [6, 6.07) is 10.6. The van der Waals surface area contributed by atoms with Crippen LogP contribution in [-0.2, 0) is 13.6 Å². The molecule has 7 nitrogen and oxygen atoms in total. The Balaban J connectivity index is 0.00000172. The molecule has 3 N–H and O–H groups in total. The van der Waals surface area contributed by atoms with Gasteiger partial charge >= 0.3 is 0 Å². The van der Waals surface area contributed by atoms with E-state index in [1.54, 1.807) is 19.0 Å². The number of anilines is 1. The number of fused-ring (bicyclic) bond motifs is 1. The minimum atomic E-state index is -0.0710. The molecular weight excluding hydrogens is 484 g/mol. The predicted octanol–water partition coefficient (Wildman–Crippen LogP) is 5.00. The molecule has 7 heteroatoms. The summed E-state index contributed by atoms with van der Waals surface area (Å²) in [6.45, 7) is 10.1. The Morgan fingerprint density at radius 1 is 1.10 bits per heavy atom. The van der Waals surface area contributed by atoms with Crippen molar-refractivity contribution in [3.63, 3.8) is 0 Å². The van der Waals surface area contributed by atoms with Crippen LogP contribution in [-0.4, -0.2) is 72.1 Å². The third-order valence-electron chi connectivity index (χ3n) is 8.32. The van der Waals surface area contributed by atoms with E-state index in [0.29, 0.717) is 5.92 Å². The highest BCUT2D eigenvalue weighted by atomic mass is 16.2. The van der Waals surface area contributed by atoms with Gasteiger partial charge in [-0.15, -0.1) is 0 Å². The van der Waals surface area contributed by atoms with Crippen molar-refractivity contribution >= 4 is 17.3 Å². The Hall–Kier alpha value is -3.29. The minimum absolute atomic E-state index is 0.0562. The second-order valence-electron chi connectivity index (χ2n) is 10.8. The van der Waals surface area contributed by atoms with Gasteiger partial charge in [0.25, 0.3) is 5.91 Å². The smallest absolute Gasteiger partial charge is 0.253 e. The maximum atomic E-state index is 12.2. The number of hydrogen-bond donors (Lipinski definition) is 2. The van der Waals surface area contributed by atoms with E-state index in [-0.39, 0.29) is 12.1 Å². The summed E-state index contributed by atoms with van der Waals surface area (Å²) in [7, 11) is 7.82. The van der Waals surface area contributed by atoms with Crippen molar-refractivity contribution in [3.8, 4) is 0 Å². The highest BCUT2D eigenvalue weighted by Gasteiger charge is 2.27. The number of likely N-dealkylation sites (N-methyl/N-ethyl adjacent to an activating group) is 1. The Morgan fingerprint density at radius 3 is 2.41 bits per heavy atom. The summed E-state index contributed by atoms with van der Waals surface area (Å²) >= 11 is 0. The van der Waals surface area contributed by atoms with E-state index in [0.717, 1.165) is 44.6 Å². The number of nitrogens with one attached hydrogen (secondary N) is 1. The average molecular weight is 531 g/mol. The Bertz CT molecular complexity index is 1260. The lowest BCUT2D eigenvalue weighted by Crippen LogP contribution is -2.38. The van der Waals surface area contributed by atoms with Crippen LogP contribution in [0.2, 0.25) is 0 Å². The molecule has 0 saturated carbocycles. The number of rotatable bonds is 5. The molecule has 0 aliphatic carbocycles. The summed E-state index contributed by atoms with van der Waals surface area (Å²) in [5.74, 6) is 1.80. The molecule has 0 spiro atoms. The predicted molar refractivity (Wildman–Crippen MR) is 163 cm³/mol. The fourth-order valence-corrected chi connectivity index (χ4v) is 5.79. The van der Waals surface area contributed by atoms with E-state index in [9.17, 15) is 4.79 Å². The lowest BCUT2D eigenvalue weighted by molar-refractivity contribution is 0.0827. The van der Waals surface area contributed by atoms with Gasteiger partial charge in [0.05, 0.1) is 6.17 Å². The zero-order valence-corrected chi connectivity index (χ0v) is 24.8. The summed E-state index contributed by atoms with van der Waals surface area (Å²) in [4.78, 5) is 18.5. The largest absolute Gasteiger partial charge is 0.367 e. The molecule has 1 aromatic heterocycles. The molecule has 39 heavy (non-hydrogen) atoms. The van der Waals surface area contributed by atoms with Crippen LogP contribution >= 0.6 is 0 Å². The van der Waals surface area contributed by atoms with Gasteiger partial charge in [0.1, 0.15) is 5.82 Å². The fraction of sp³-hybridized carbons (Fsp3) is 0.469. The molecule has 2 aromatic rings. The summed E-state index contributed by atoms with van der Waals surface area (Å²) in [5, 5.41) is 3.60. The van der Waals surface area contributed by atoms with Gasteiger partial charge < -0.3 is 25.4 Å². The maximum Gasteiger partial charge on any atom is 0.253 e. The topological polar surface area (TPSA) is 69.8 Å². The molecule has 1 atom stereocenters. The number of benzene rings is 1. The summed E-state index contributed by atoms with van der Waals surface area (Å²) < 4.78 is 2.33.